The molecule has 0 aliphatic heterocycles. The van der Waals surface area contributed by atoms with Gasteiger partial charge in [0.2, 0.25) is 0 Å². The van der Waals surface area contributed by atoms with Gasteiger partial charge in [0.05, 0.1) is 17.2 Å². The van der Waals surface area contributed by atoms with Gasteiger partial charge < -0.3 is 11.1 Å². The maximum Gasteiger partial charge on any atom is 0.145 e. The van der Waals surface area contributed by atoms with Crippen molar-refractivity contribution >= 4 is 41.7 Å². The van der Waals surface area contributed by atoms with Crippen LogP contribution in [0.15, 0.2) is 30.5 Å². The van der Waals surface area contributed by atoms with Gasteiger partial charge in [-0.1, -0.05) is 19.1 Å². The molecular formula is C12H18Cl2N4. The fraction of sp³-hybridized carbons (Fsp3) is 0.333. The average Bonchev–Trinajstić information content (AvgIpc) is 2.35. The molecule has 100 valence electrons. The maximum atomic E-state index is 5.82. The SMILES string of the molecule is CCC(N)CNc1cnc2ccccc2n1.Cl.Cl. The zero-order valence-electron chi connectivity index (χ0n) is 10.2. The van der Waals surface area contributed by atoms with Crippen LogP contribution >= 0.6 is 24.8 Å². The molecule has 0 radical (unpaired) electrons. The number of anilines is 1. The van der Waals surface area contributed by atoms with Gasteiger partial charge in [0.15, 0.2) is 0 Å². The minimum Gasteiger partial charge on any atom is -0.367 e. The summed E-state index contributed by atoms with van der Waals surface area (Å²) in [6.45, 7) is 2.79. The Morgan fingerprint density at radius 2 is 1.89 bits per heavy atom. The Morgan fingerprint density at radius 1 is 1.22 bits per heavy atom. The quantitative estimate of drug-likeness (QED) is 0.908. The molecule has 18 heavy (non-hydrogen) atoms. The van der Waals surface area contributed by atoms with Crippen LogP contribution < -0.4 is 11.1 Å². The van der Waals surface area contributed by atoms with Gasteiger partial charge in [-0.15, -0.1) is 24.8 Å². The highest BCUT2D eigenvalue weighted by atomic mass is 35.5. The topological polar surface area (TPSA) is 63.8 Å². The summed E-state index contributed by atoms with van der Waals surface area (Å²) in [6.07, 6.45) is 2.69. The number of hydrogen-bond donors (Lipinski definition) is 2. The van der Waals surface area contributed by atoms with E-state index in [9.17, 15) is 0 Å². The van der Waals surface area contributed by atoms with Crippen molar-refractivity contribution in [1.29, 1.82) is 0 Å². The van der Waals surface area contributed by atoms with Gasteiger partial charge in [-0.3, -0.25) is 4.98 Å². The van der Waals surface area contributed by atoms with Gasteiger partial charge in [-0.25, -0.2) is 4.98 Å². The lowest BCUT2D eigenvalue weighted by Crippen LogP contribution is -2.28. The summed E-state index contributed by atoms with van der Waals surface area (Å²) in [5, 5.41) is 3.19. The third kappa shape index (κ3) is 4.29. The summed E-state index contributed by atoms with van der Waals surface area (Å²) in [5.41, 5.74) is 7.63. The van der Waals surface area contributed by atoms with Crippen LogP contribution in [-0.4, -0.2) is 22.6 Å². The largest absolute Gasteiger partial charge is 0.367 e. The Labute approximate surface area is 119 Å². The number of benzene rings is 1. The van der Waals surface area contributed by atoms with E-state index in [0.717, 1.165) is 29.8 Å². The average molecular weight is 289 g/mol. The van der Waals surface area contributed by atoms with E-state index in [1.807, 2.05) is 24.3 Å². The Balaban J connectivity index is 0.00000144. The lowest BCUT2D eigenvalue weighted by atomic mass is 10.2. The highest BCUT2D eigenvalue weighted by Crippen LogP contribution is 2.11. The molecule has 1 aromatic carbocycles. The van der Waals surface area contributed by atoms with Gasteiger partial charge >= 0.3 is 0 Å². The molecule has 0 aliphatic rings. The lowest BCUT2D eigenvalue weighted by Gasteiger charge is -2.10. The van der Waals surface area contributed by atoms with Crippen molar-refractivity contribution in [3.8, 4) is 0 Å². The first-order chi connectivity index (χ1) is 7.79. The molecule has 2 rings (SSSR count). The van der Waals surface area contributed by atoms with Gasteiger partial charge in [0.25, 0.3) is 0 Å². The third-order valence-corrected chi connectivity index (χ3v) is 2.52. The molecule has 1 atom stereocenters. The molecule has 4 nitrogen and oxygen atoms in total. The minimum atomic E-state index is 0. The van der Waals surface area contributed by atoms with Gasteiger partial charge in [0.1, 0.15) is 5.82 Å². The molecule has 0 saturated carbocycles. The first-order valence-corrected chi connectivity index (χ1v) is 5.51. The Morgan fingerprint density at radius 3 is 2.56 bits per heavy atom. The predicted molar refractivity (Wildman–Crippen MR) is 80.8 cm³/mol. The van der Waals surface area contributed by atoms with Crippen LogP contribution in [0.5, 0.6) is 0 Å². The van der Waals surface area contributed by atoms with Crippen molar-refractivity contribution in [2.24, 2.45) is 5.73 Å². The third-order valence-electron chi connectivity index (χ3n) is 2.52. The minimum absolute atomic E-state index is 0. The van der Waals surface area contributed by atoms with E-state index < -0.39 is 0 Å². The normalized spacial score (nSPS) is 11.2. The first kappa shape index (κ1) is 16.9. The van der Waals surface area contributed by atoms with E-state index in [1.165, 1.54) is 0 Å². The second kappa shape index (κ2) is 8.08. The monoisotopic (exact) mass is 288 g/mol. The van der Waals surface area contributed by atoms with Crippen LogP contribution in [0.4, 0.5) is 5.82 Å². The van der Waals surface area contributed by atoms with E-state index >= 15 is 0 Å². The molecule has 0 amide bonds. The molecule has 0 aliphatic carbocycles. The second-order valence-electron chi connectivity index (χ2n) is 3.79. The van der Waals surface area contributed by atoms with E-state index in [4.69, 9.17) is 5.73 Å². The molecular weight excluding hydrogens is 271 g/mol. The number of nitrogens with one attached hydrogen (secondary N) is 1. The number of hydrogen-bond acceptors (Lipinski definition) is 4. The Bertz CT molecular complexity index is 478. The summed E-state index contributed by atoms with van der Waals surface area (Å²) >= 11 is 0. The summed E-state index contributed by atoms with van der Waals surface area (Å²) in [4.78, 5) is 8.77. The maximum absolute atomic E-state index is 5.82. The fourth-order valence-corrected chi connectivity index (χ4v) is 1.42. The van der Waals surface area contributed by atoms with E-state index in [1.54, 1.807) is 6.20 Å². The van der Waals surface area contributed by atoms with E-state index in [-0.39, 0.29) is 30.9 Å². The summed E-state index contributed by atoms with van der Waals surface area (Å²) in [5.74, 6) is 0.780. The molecule has 3 N–H and O–H groups in total. The predicted octanol–water partition coefficient (Wildman–Crippen LogP) is 2.62. The van der Waals surface area contributed by atoms with Crippen LogP contribution in [-0.2, 0) is 0 Å². The highest BCUT2D eigenvalue weighted by Gasteiger charge is 2.01. The standard InChI is InChI=1S/C12H16N4.2ClH/c1-2-9(13)7-15-12-8-14-10-5-3-4-6-11(10)16-12;;/h3-6,8-9H,2,7,13H2,1H3,(H,15,16);2*1H. The number of para-hydroxylation sites is 2. The molecule has 1 unspecified atom stereocenters. The number of nitrogens with two attached hydrogens (primary N) is 1. The number of halogens is 2. The zero-order chi connectivity index (χ0) is 11.4. The second-order valence-corrected chi connectivity index (χ2v) is 3.79. The smallest absolute Gasteiger partial charge is 0.145 e. The molecule has 0 saturated heterocycles. The highest BCUT2D eigenvalue weighted by molar-refractivity contribution is 5.85. The van der Waals surface area contributed by atoms with Crippen LogP contribution in [0, 0.1) is 0 Å². The Kier molecular flexibility index (Phi) is 7.59. The van der Waals surface area contributed by atoms with Gasteiger partial charge in [0, 0.05) is 12.6 Å². The number of rotatable bonds is 4. The fourth-order valence-electron chi connectivity index (χ4n) is 1.42. The van der Waals surface area contributed by atoms with Crippen molar-refractivity contribution in [2.45, 2.75) is 19.4 Å². The van der Waals surface area contributed by atoms with E-state index in [0.29, 0.717) is 0 Å². The number of fused-ring (bicyclic) bond motifs is 1. The summed E-state index contributed by atoms with van der Waals surface area (Å²) in [7, 11) is 0. The summed E-state index contributed by atoms with van der Waals surface area (Å²) in [6, 6.07) is 7.97. The molecule has 0 bridgehead atoms. The first-order valence-electron chi connectivity index (χ1n) is 5.51. The summed E-state index contributed by atoms with van der Waals surface area (Å²) < 4.78 is 0. The van der Waals surface area contributed by atoms with Gasteiger partial charge in [-0.2, -0.15) is 0 Å². The molecule has 0 spiro atoms. The lowest BCUT2D eigenvalue weighted by molar-refractivity contribution is 0.678. The van der Waals surface area contributed by atoms with Crippen LogP contribution in [0.3, 0.4) is 0 Å². The van der Waals surface area contributed by atoms with Crippen molar-refractivity contribution in [1.82, 2.24) is 9.97 Å². The number of aromatic nitrogens is 2. The zero-order valence-corrected chi connectivity index (χ0v) is 11.8. The molecule has 6 heteroatoms. The van der Waals surface area contributed by atoms with Crippen molar-refractivity contribution in [3.63, 3.8) is 0 Å². The van der Waals surface area contributed by atoms with Crippen LogP contribution in [0.25, 0.3) is 11.0 Å². The van der Waals surface area contributed by atoms with Crippen molar-refractivity contribution in [2.75, 3.05) is 11.9 Å². The molecule has 2 aromatic rings. The Hall–Kier alpha value is -1.10. The van der Waals surface area contributed by atoms with Crippen molar-refractivity contribution in [3.05, 3.63) is 30.5 Å². The molecule has 1 heterocycles. The van der Waals surface area contributed by atoms with Gasteiger partial charge in [-0.05, 0) is 18.6 Å². The van der Waals surface area contributed by atoms with E-state index in [2.05, 4.69) is 22.2 Å². The van der Waals surface area contributed by atoms with Crippen LogP contribution in [0.2, 0.25) is 0 Å². The molecule has 0 fully saturated rings. The van der Waals surface area contributed by atoms with Crippen LogP contribution in [0.1, 0.15) is 13.3 Å². The number of nitrogens with zero attached hydrogens (tertiary/aromatic N) is 2. The van der Waals surface area contributed by atoms with Crippen molar-refractivity contribution < 1.29 is 0 Å². The molecule has 1 aromatic heterocycles.